The quantitative estimate of drug-likeness (QED) is 0.788. The van der Waals surface area contributed by atoms with E-state index >= 15 is 0 Å². The number of rotatable bonds is 6. The minimum absolute atomic E-state index is 0.176. The number of fused-ring (bicyclic) bond motifs is 1. The SMILES string of the molecule is CCS(=O)(=O)N(CC(=O)Nc1c(F)cccc1F)c1ccc2c(c1)OCCO2. The molecule has 28 heavy (non-hydrogen) atoms. The summed E-state index contributed by atoms with van der Waals surface area (Å²) in [7, 11) is -3.86. The van der Waals surface area contributed by atoms with Gasteiger partial charge in [-0.05, 0) is 31.2 Å². The zero-order chi connectivity index (χ0) is 20.3. The lowest BCUT2D eigenvalue weighted by atomic mass is 10.2. The lowest BCUT2D eigenvalue weighted by Gasteiger charge is -2.25. The highest BCUT2D eigenvalue weighted by Gasteiger charge is 2.26. The van der Waals surface area contributed by atoms with Gasteiger partial charge in [-0.25, -0.2) is 17.2 Å². The van der Waals surface area contributed by atoms with Crippen LogP contribution in [0.5, 0.6) is 11.5 Å². The molecule has 0 radical (unpaired) electrons. The number of sulfonamides is 1. The van der Waals surface area contributed by atoms with E-state index in [1.54, 1.807) is 0 Å². The van der Waals surface area contributed by atoms with Crippen molar-refractivity contribution in [3.63, 3.8) is 0 Å². The number of benzene rings is 2. The summed E-state index contributed by atoms with van der Waals surface area (Å²) in [6.07, 6.45) is 0. The highest BCUT2D eigenvalue weighted by atomic mass is 32.2. The Labute approximate surface area is 160 Å². The van der Waals surface area contributed by atoms with E-state index in [9.17, 15) is 22.0 Å². The molecule has 1 aliphatic heterocycles. The zero-order valence-corrected chi connectivity index (χ0v) is 15.8. The standard InChI is InChI=1S/C18H18F2N2O5S/c1-2-28(24,25)22(12-6-7-15-16(10-12)27-9-8-26-15)11-17(23)21-18-13(19)4-3-5-14(18)20/h3-7,10H,2,8-9,11H2,1H3,(H,21,23). The summed E-state index contributed by atoms with van der Waals surface area (Å²) >= 11 is 0. The van der Waals surface area contributed by atoms with Crippen molar-refractivity contribution in [2.45, 2.75) is 6.92 Å². The van der Waals surface area contributed by atoms with Crippen LogP contribution in [0.1, 0.15) is 6.92 Å². The Morgan fingerprint density at radius 2 is 1.75 bits per heavy atom. The van der Waals surface area contributed by atoms with Crippen molar-refractivity contribution >= 4 is 27.3 Å². The normalized spacial score (nSPS) is 13.1. The summed E-state index contributed by atoms with van der Waals surface area (Å²) < 4.78 is 64.2. The molecule has 0 saturated carbocycles. The molecule has 0 aromatic heterocycles. The average Bonchev–Trinajstić information content (AvgIpc) is 2.68. The molecule has 10 heteroatoms. The van der Waals surface area contributed by atoms with Crippen LogP contribution in [0.4, 0.5) is 20.2 Å². The number of amides is 1. The van der Waals surface area contributed by atoms with Gasteiger partial charge in [0.2, 0.25) is 15.9 Å². The second-order valence-corrected chi connectivity index (χ2v) is 8.06. The van der Waals surface area contributed by atoms with Gasteiger partial charge in [0.15, 0.2) is 11.5 Å². The van der Waals surface area contributed by atoms with Gasteiger partial charge in [0.05, 0.1) is 11.4 Å². The summed E-state index contributed by atoms with van der Waals surface area (Å²) in [6.45, 7) is 1.45. The number of nitrogens with one attached hydrogen (secondary N) is 1. The monoisotopic (exact) mass is 412 g/mol. The van der Waals surface area contributed by atoms with Gasteiger partial charge in [0, 0.05) is 6.07 Å². The van der Waals surface area contributed by atoms with E-state index in [2.05, 4.69) is 5.32 Å². The molecular formula is C18H18F2N2O5S. The van der Waals surface area contributed by atoms with Gasteiger partial charge in [-0.2, -0.15) is 0 Å². The molecule has 0 fully saturated rings. The Bertz CT molecular complexity index is 977. The van der Waals surface area contributed by atoms with Crippen molar-refractivity contribution < 1.29 is 31.5 Å². The van der Waals surface area contributed by atoms with Crippen molar-refractivity contribution in [2.24, 2.45) is 0 Å². The zero-order valence-electron chi connectivity index (χ0n) is 14.9. The summed E-state index contributed by atoms with van der Waals surface area (Å²) in [6, 6.07) is 7.58. The van der Waals surface area contributed by atoms with Crippen LogP contribution in [0, 0.1) is 11.6 Å². The molecular weight excluding hydrogens is 394 g/mol. The predicted molar refractivity (Wildman–Crippen MR) is 99.2 cm³/mol. The van der Waals surface area contributed by atoms with Gasteiger partial charge in [-0.1, -0.05) is 6.07 Å². The largest absolute Gasteiger partial charge is 0.486 e. The first-order chi connectivity index (χ1) is 13.3. The van der Waals surface area contributed by atoms with E-state index in [0.29, 0.717) is 24.7 Å². The number of hydrogen-bond donors (Lipinski definition) is 1. The summed E-state index contributed by atoms with van der Waals surface area (Å²) in [5.41, 5.74) is -0.459. The Morgan fingerprint density at radius 3 is 2.39 bits per heavy atom. The first kappa shape index (κ1) is 19.9. The molecule has 0 saturated heterocycles. The third-order valence-corrected chi connectivity index (χ3v) is 5.77. The number of halogens is 2. The average molecular weight is 412 g/mol. The molecule has 1 aliphatic rings. The third kappa shape index (κ3) is 4.16. The maximum absolute atomic E-state index is 13.7. The fourth-order valence-electron chi connectivity index (χ4n) is 2.62. The van der Waals surface area contributed by atoms with Crippen molar-refractivity contribution in [1.82, 2.24) is 0 Å². The number of carbonyl (C=O) groups is 1. The summed E-state index contributed by atoms with van der Waals surface area (Å²) in [5.74, 6) is -2.28. The van der Waals surface area contributed by atoms with Crippen LogP contribution in [0.15, 0.2) is 36.4 Å². The minimum Gasteiger partial charge on any atom is -0.486 e. The molecule has 0 unspecified atom stereocenters. The number of anilines is 2. The van der Waals surface area contributed by atoms with Crippen LogP contribution in [0.25, 0.3) is 0 Å². The van der Waals surface area contributed by atoms with Crippen LogP contribution in [0.3, 0.4) is 0 Å². The van der Waals surface area contributed by atoms with E-state index in [0.717, 1.165) is 22.5 Å². The molecule has 0 aliphatic carbocycles. The Kier molecular flexibility index (Phi) is 5.68. The second kappa shape index (κ2) is 8.01. The number of para-hydroxylation sites is 1. The maximum atomic E-state index is 13.7. The molecule has 1 N–H and O–H groups in total. The van der Waals surface area contributed by atoms with Crippen LogP contribution in [-0.2, 0) is 14.8 Å². The first-order valence-corrected chi connectivity index (χ1v) is 10.1. The van der Waals surface area contributed by atoms with E-state index in [4.69, 9.17) is 9.47 Å². The molecule has 7 nitrogen and oxygen atoms in total. The van der Waals surface area contributed by atoms with Gasteiger partial charge in [-0.3, -0.25) is 9.10 Å². The molecule has 1 amide bonds. The van der Waals surface area contributed by atoms with Crippen molar-refractivity contribution in [1.29, 1.82) is 0 Å². The summed E-state index contributed by atoms with van der Waals surface area (Å²) in [4.78, 5) is 12.3. The molecule has 3 rings (SSSR count). The Balaban J connectivity index is 1.88. The van der Waals surface area contributed by atoms with Crippen molar-refractivity contribution in [3.8, 4) is 11.5 Å². The molecule has 0 bridgehead atoms. The first-order valence-electron chi connectivity index (χ1n) is 8.45. The van der Waals surface area contributed by atoms with E-state index < -0.39 is 39.8 Å². The maximum Gasteiger partial charge on any atom is 0.245 e. The van der Waals surface area contributed by atoms with Crippen LogP contribution >= 0.6 is 0 Å². The number of carbonyl (C=O) groups excluding carboxylic acids is 1. The predicted octanol–water partition coefficient (Wildman–Crippen LogP) is 2.53. The van der Waals surface area contributed by atoms with E-state index in [1.165, 1.54) is 25.1 Å². The van der Waals surface area contributed by atoms with Gasteiger partial charge >= 0.3 is 0 Å². The number of hydrogen-bond acceptors (Lipinski definition) is 5. The molecule has 2 aromatic carbocycles. The fourth-order valence-corrected chi connectivity index (χ4v) is 3.68. The lowest BCUT2D eigenvalue weighted by Crippen LogP contribution is -2.39. The second-order valence-electron chi connectivity index (χ2n) is 5.88. The van der Waals surface area contributed by atoms with Crippen molar-refractivity contribution in [2.75, 3.05) is 35.1 Å². The van der Waals surface area contributed by atoms with Crippen molar-refractivity contribution in [3.05, 3.63) is 48.0 Å². The van der Waals surface area contributed by atoms with Gasteiger partial charge < -0.3 is 14.8 Å². The van der Waals surface area contributed by atoms with Gasteiger partial charge in [-0.15, -0.1) is 0 Å². The third-order valence-electron chi connectivity index (χ3n) is 4.03. The Morgan fingerprint density at radius 1 is 1.11 bits per heavy atom. The minimum atomic E-state index is -3.86. The topological polar surface area (TPSA) is 84.9 Å². The Hall–Kier alpha value is -2.88. The van der Waals surface area contributed by atoms with Crippen LogP contribution < -0.4 is 19.1 Å². The van der Waals surface area contributed by atoms with Gasteiger partial charge in [0.1, 0.15) is 37.1 Å². The fraction of sp³-hybridized carbons (Fsp3) is 0.278. The smallest absolute Gasteiger partial charge is 0.245 e. The number of ether oxygens (including phenoxy) is 2. The molecule has 0 atom stereocenters. The molecule has 0 spiro atoms. The van der Waals surface area contributed by atoms with Gasteiger partial charge in [0.25, 0.3) is 0 Å². The van der Waals surface area contributed by atoms with Crippen LogP contribution in [0.2, 0.25) is 0 Å². The highest BCUT2D eigenvalue weighted by Crippen LogP contribution is 2.34. The molecule has 150 valence electrons. The molecule has 1 heterocycles. The summed E-state index contributed by atoms with van der Waals surface area (Å²) in [5, 5.41) is 2.09. The van der Waals surface area contributed by atoms with E-state index in [1.807, 2.05) is 0 Å². The van der Waals surface area contributed by atoms with E-state index in [-0.39, 0.29) is 11.4 Å². The molecule has 2 aromatic rings. The van der Waals surface area contributed by atoms with Crippen LogP contribution in [-0.4, -0.2) is 39.8 Å². The number of nitrogens with zero attached hydrogens (tertiary/aromatic N) is 1. The highest BCUT2D eigenvalue weighted by molar-refractivity contribution is 7.92. The lowest BCUT2D eigenvalue weighted by molar-refractivity contribution is -0.114.